The average Bonchev–Trinajstić information content (AvgIpc) is 3.21. The van der Waals surface area contributed by atoms with Crippen LogP contribution in [0.1, 0.15) is 31.3 Å². The van der Waals surface area contributed by atoms with E-state index in [0.717, 1.165) is 11.5 Å². The normalized spacial score (nSPS) is 11.1. The summed E-state index contributed by atoms with van der Waals surface area (Å²) in [6.07, 6.45) is 0. The van der Waals surface area contributed by atoms with E-state index in [4.69, 9.17) is 0 Å². The zero-order valence-corrected chi connectivity index (χ0v) is 16.5. The van der Waals surface area contributed by atoms with Gasteiger partial charge in [-0.25, -0.2) is 9.67 Å². The van der Waals surface area contributed by atoms with Gasteiger partial charge in [-0.15, -0.1) is 5.10 Å². The van der Waals surface area contributed by atoms with Crippen LogP contribution in [0.4, 0.5) is 5.69 Å². The van der Waals surface area contributed by atoms with Gasteiger partial charge in [-0.05, 0) is 19.1 Å². The predicted octanol–water partition coefficient (Wildman–Crippen LogP) is 2.46. The molecule has 142 valence electrons. The first kappa shape index (κ1) is 19.0. The van der Waals surface area contributed by atoms with Crippen molar-refractivity contribution in [2.24, 2.45) is 7.05 Å². The Bertz CT molecular complexity index is 1000. The second kappa shape index (κ2) is 7.83. The number of hydrogen-bond donors (Lipinski definition) is 2. The highest BCUT2D eigenvalue weighted by molar-refractivity contribution is 7.99. The van der Waals surface area contributed by atoms with Crippen LogP contribution in [0.25, 0.3) is 5.69 Å². The summed E-state index contributed by atoms with van der Waals surface area (Å²) in [5, 5.41) is 10.2. The minimum Gasteiger partial charge on any atom is -0.319 e. The Labute approximate surface area is 161 Å². The summed E-state index contributed by atoms with van der Waals surface area (Å²) in [5.74, 6) is 0.864. The number of thioether (sulfide) groups is 1. The monoisotopic (exact) mass is 386 g/mol. The zero-order valence-electron chi connectivity index (χ0n) is 15.7. The second-order valence-electron chi connectivity index (χ2n) is 6.43. The second-order valence-corrected chi connectivity index (χ2v) is 7.37. The Balaban J connectivity index is 1.73. The van der Waals surface area contributed by atoms with E-state index < -0.39 is 0 Å². The van der Waals surface area contributed by atoms with Crippen molar-refractivity contribution >= 4 is 23.4 Å². The summed E-state index contributed by atoms with van der Waals surface area (Å²) in [5.41, 5.74) is 1.44. The molecule has 0 unspecified atom stereocenters. The van der Waals surface area contributed by atoms with Crippen molar-refractivity contribution in [1.29, 1.82) is 0 Å². The molecular formula is C18H22N6O2S. The molecular weight excluding hydrogens is 364 g/mol. The molecule has 0 atom stereocenters. The number of benzene rings is 1. The number of aromatic amines is 1. The summed E-state index contributed by atoms with van der Waals surface area (Å²) in [4.78, 5) is 29.5. The molecule has 0 aliphatic carbocycles. The van der Waals surface area contributed by atoms with Crippen LogP contribution in [-0.4, -0.2) is 36.2 Å². The fourth-order valence-electron chi connectivity index (χ4n) is 2.60. The first-order chi connectivity index (χ1) is 12.9. The van der Waals surface area contributed by atoms with E-state index in [9.17, 15) is 9.59 Å². The fourth-order valence-corrected chi connectivity index (χ4v) is 3.20. The number of aromatic nitrogens is 5. The van der Waals surface area contributed by atoms with E-state index in [0.29, 0.717) is 10.9 Å². The number of nitrogens with one attached hydrogen (secondary N) is 2. The third kappa shape index (κ3) is 3.97. The number of rotatable bonds is 6. The lowest BCUT2D eigenvalue weighted by molar-refractivity contribution is -0.113. The van der Waals surface area contributed by atoms with E-state index in [1.807, 2.05) is 44.2 Å². The van der Waals surface area contributed by atoms with E-state index >= 15 is 0 Å². The van der Waals surface area contributed by atoms with Gasteiger partial charge >= 0.3 is 0 Å². The van der Waals surface area contributed by atoms with Crippen LogP contribution in [0.2, 0.25) is 0 Å². The third-order valence-electron chi connectivity index (χ3n) is 4.18. The lowest BCUT2D eigenvalue weighted by Crippen LogP contribution is -2.23. The zero-order chi connectivity index (χ0) is 19.6. The van der Waals surface area contributed by atoms with Crippen LogP contribution >= 0.6 is 11.8 Å². The highest BCUT2D eigenvalue weighted by Gasteiger charge is 2.18. The molecule has 0 spiro atoms. The minimum absolute atomic E-state index is 0.120. The van der Waals surface area contributed by atoms with Crippen LogP contribution in [0.5, 0.6) is 0 Å². The summed E-state index contributed by atoms with van der Waals surface area (Å²) < 4.78 is 3.26. The molecule has 2 heterocycles. The van der Waals surface area contributed by atoms with Gasteiger partial charge in [-0.1, -0.05) is 43.8 Å². The number of carbonyl (C=O) groups excluding carboxylic acids is 1. The molecule has 8 nitrogen and oxygen atoms in total. The highest BCUT2D eigenvalue weighted by atomic mass is 32.2. The van der Waals surface area contributed by atoms with Gasteiger partial charge in [0.25, 0.3) is 5.56 Å². The van der Waals surface area contributed by atoms with E-state index in [2.05, 4.69) is 20.5 Å². The van der Waals surface area contributed by atoms with Crippen LogP contribution in [0, 0.1) is 6.92 Å². The van der Waals surface area contributed by atoms with Gasteiger partial charge in [0.05, 0.1) is 17.1 Å². The number of H-pyrrole nitrogens is 1. The average molecular weight is 386 g/mol. The summed E-state index contributed by atoms with van der Waals surface area (Å²) in [6, 6.07) is 9.30. The van der Waals surface area contributed by atoms with Crippen LogP contribution in [0.15, 0.2) is 40.3 Å². The van der Waals surface area contributed by atoms with Gasteiger partial charge in [0.1, 0.15) is 11.5 Å². The van der Waals surface area contributed by atoms with Crippen molar-refractivity contribution in [3.05, 3.63) is 52.2 Å². The molecule has 2 N–H and O–H groups in total. The first-order valence-electron chi connectivity index (χ1n) is 8.57. The van der Waals surface area contributed by atoms with Gasteiger partial charge in [0.2, 0.25) is 11.1 Å². The van der Waals surface area contributed by atoms with Crippen molar-refractivity contribution in [2.45, 2.75) is 31.8 Å². The topological polar surface area (TPSA) is 97.6 Å². The fraction of sp³-hybridized carbons (Fsp3) is 0.333. The molecule has 3 rings (SSSR count). The van der Waals surface area contributed by atoms with E-state index in [1.54, 1.807) is 18.7 Å². The third-order valence-corrected chi connectivity index (χ3v) is 5.03. The molecule has 0 bridgehead atoms. The lowest BCUT2D eigenvalue weighted by atomic mass is 10.2. The number of amides is 1. The maximum Gasteiger partial charge on any atom is 0.295 e. The maximum absolute atomic E-state index is 12.8. The van der Waals surface area contributed by atoms with Crippen LogP contribution in [-0.2, 0) is 11.8 Å². The van der Waals surface area contributed by atoms with Gasteiger partial charge in [0, 0.05) is 13.0 Å². The molecule has 1 aromatic carbocycles. The van der Waals surface area contributed by atoms with Crippen molar-refractivity contribution in [2.75, 3.05) is 11.1 Å². The van der Waals surface area contributed by atoms with Crippen molar-refractivity contribution in [3.8, 4) is 5.69 Å². The minimum atomic E-state index is -0.276. The maximum atomic E-state index is 12.8. The highest BCUT2D eigenvalue weighted by Crippen LogP contribution is 2.18. The molecule has 0 aliphatic heterocycles. The molecule has 2 aromatic heterocycles. The van der Waals surface area contributed by atoms with Gasteiger partial charge in [-0.3, -0.25) is 19.4 Å². The van der Waals surface area contributed by atoms with Gasteiger partial charge in [0.15, 0.2) is 0 Å². The molecule has 0 radical (unpaired) electrons. The molecule has 1 amide bonds. The number of nitrogens with zero attached hydrogens (tertiary/aromatic N) is 4. The number of anilines is 1. The lowest BCUT2D eigenvalue weighted by Gasteiger charge is -2.07. The van der Waals surface area contributed by atoms with Crippen LogP contribution in [0.3, 0.4) is 0 Å². The Hall–Kier alpha value is -2.81. The van der Waals surface area contributed by atoms with Gasteiger partial charge in [-0.2, -0.15) is 0 Å². The number of hydrogen-bond acceptors (Lipinski definition) is 5. The Morgan fingerprint density at radius 1 is 1.30 bits per heavy atom. The molecule has 3 aromatic rings. The van der Waals surface area contributed by atoms with E-state index in [-0.39, 0.29) is 28.8 Å². The number of para-hydroxylation sites is 1. The Kier molecular flexibility index (Phi) is 5.50. The first-order valence-corrected chi connectivity index (χ1v) is 9.56. The molecule has 0 saturated carbocycles. The van der Waals surface area contributed by atoms with Gasteiger partial charge < -0.3 is 5.32 Å². The van der Waals surface area contributed by atoms with Crippen LogP contribution < -0.4 is 10.9 Å². The predicted molar refractivity (Wildman–Crippen MR) is 106 cm³/mol. The summed E-state index contributed by atoms with van der Waals surface area (Å²) >= 11 is 1.22. The molecule has 0 saturated heterocycles. The number of carbonyl (C=O) groups is 1. The Morgan fingerprint density at radius 2 is 2.00 bits per heavy atom. The molecule has 0 aliphatic rings. The largest absolute Gasteiger partial charge is 0.319 e. The smallest absolute Gasteiger partial charge is 0.295 e. The van der Waals surface area contributed by atoms with E-state index in [1.165, 1.54) is 16.4 Å². The summed E-state index contributed by atoms with van der Waals surface area (Å²) in [6.45, 7) is 5.82. The standard InChI is InChI=1S/C18H22N6O2S/c1-11(2)16-20-18(22-21-16)27-10-14(25)19-15-12(3)23(4)24(17(15)26)13-8-6-5-7-9-13/h5-9,11H,10H2,1-4H3,(H,19,25)(H,20,21,22). The SMILES string of the molecule is Cc1c(NC(=O)CSc2n[nH]c(C(C)C)n2)c(=O)n(-c2ccccc2)n1C. The summed E-state index contributed by atoms with van der Waals surface area (Å²) in [7, 11) is 1.79. The van der Waals surface area contributed by atoms with Crippen molar-refractivity contribution in [1.82, 2.24) is 24.5 Å². The molecule has 27 heavy (non-hydrogen) atoms. The van der Waals surface area contributed by atoms with Crippen molar-refractivity contribution in [3.63, 3.8) is 0 Å². The van der Waals surface area contributed by atoms with Crippen molar-refractivity contribution < 1.29 is 4.79 Å². The quantitative estimate of drug-likeness (QED) is 0.634. The Morgan fingerprint density at radius 3 is 2.63 bits per heavy atom. The molecule has 9 heteroatoms. The molecule has 0 fully saturated rings.